The molecule has 1 aliphatic carbocycles. The Morgan fingerprint density at radius 3 is 1.94 bits per heavy atom. The number of nitrogens with zero attached hydrogens (tertiary/aromatic N) is 3. The van der Waals surface area contributed by atoms with Gasteiger partial charge in [-0.25, -0.2) is 0 Å². The van der Waals surface area contributed by atoms with Gasteiger partial charge in [0.2, 0.25) is 0 Å². The van der Waals surface area contributed by atoms with Crippen LogP contribution in [0.25, 0.3) is 0 Å². The van der Waals surface area contributed by atoms with Gasteiger partial charge in [0.1, 0.15) is 0 Å². The van der Waals surface area contributed by atoms with E-state index in [0.717, 1.165) is 0 Å². The molecule has 0 spiro atoms. The van der Waals surface area contributed by atoms with Crippen LogP contribution in [0.3, 0.4) is 0 Å². The van der Waals surface area contributed by atoms with Crippen LogP contribution in [0.15, 0.2) is 24.3 Å². The average molecular weight is 316 g/mol. The Hall–Kier alpha value is 0.243. The van der Waals surface area contributed by atoms with Crippen LogP contribution < -0.4 is 0 Å². The first-order valence-electron chi connectivity index (χ1n) is 6.30. The van der Waals surface area contributed by atoms with E-state index in [2.05, 4.69) is 68.1 Å². The fourth-order valence-corrected chi connectivity index (χ4v) is 8.62. The van der Waals surface area contributed by atoms with Gasteiger partial charge in [-0.1, -0.05) is 0 Å². The summed E-state index contributed by atoms with van der Waals surface area (Å²) < 4.78 is 7.49. The van der Waals surface area contributed by atoms with Crippen molar-refractivity contribution in [1.82, 2.24) is 8.53 Å². The van der Waals surface area contributed by atoms with Crippen LogP contribution in [0.4, 0.5) is 0 Å². The molecule has 0 bridgehead atoms. The van der Waals surface area contributed by atoms with Crippen molar-refractivity contribution in [2.24, 2.45) is 5.92 Å². The van der Waals surface area contributed by atoms with Crippen LogP contribution in [-0.2, 0) is 22.6 Å². The van der Waals surface area contributed by atoms with Gasteiger partial charge in [-0.3, -0.25) is 0 Å². The van der Waals surface area contributed by atoms with E-state index in [9.17, 15) is 0 Å². The molecule has 0 saturated carbocycles. The molecule has 1 rings (SSSR count). The Morgan fingerprint density at radius 1 is 0.941 bits per heavy atom. The summed E-state index contributed by atoms with van der Waals surface area (Å²) in [7, 11) is 11.2. The predicted octanol–water partition coefficient (Wildman–Crippen LogP) is 1.93. The Balaban J connectivity index is 2.29. The van der Waals surface area contributed by atoms with Gasteiger partial charge in [0.15, 0.2) is 0 Å². The standard InChI is InChI=1S/C9H14N.2C2H6N.Zr/c1-10-8-4-7-9-5-2-3-6-9;2*1-3-2;/h2-3,5-6,9H,4,7-8H2,1H3;2*1-2H3;/q3*-1;+3. The molecule has 0 N–H and O–H groups in total. The molecule has 1 aliphatic rings. The molecule has 0 aliphatic heterocycles. The van der Waals surface area contributed by atoms with Gasteiger partial charge in [0, 0.05) is 0 Å². The van der Waals surface area contributed by atoms with Crippen molar-refractivity contribution in [1.29, 1.82) is 0 Å². The monoisotopic (exact) mass is 314 g/mol. The van der Waals surface area contributed by atoms with Crippen molar-refractivity contribution in [2.45, 2.75) is 12.8 Å². The van der Waals surface area contributed by atoms with Crippen molar-refractivity contribution in [3.8, 4) is 0 Å². The van der Waals surface area contributed by atoms with Crippen molar-refractivity contribution < 1.29 is 22.6 Å². The van der Waals surface area contributed by atoms with Crippen LogP contribution in [0, 0.1) is 5.92 Å². The van der Waals surface area contributed by atoms with Crippen LogP contribution >= 0.6 is 0 Å². The van der Waals surface area contributed by atoms with E-state index in [1.807, 2.05) is 0 Å². The minimum absolute atomic E-state index is 0.689. The molecule has 0 saturated heterocycles. The zero-order chi connectivity index (χ0) is 12.8. The van der Waals surface area contributed by atoms with Crippen molar-refractivity contribution in [3.05, 3.63) is 24.3 Å². The third-order valence-electron chi connectivity index (χ3n) is 3.00. The molecule has 3 nitrogen and oxygen atoms in total. The molecule has 0 aromatic heterocycles. The summed E-state index contributed by atoms with van der Waals surface area (Å²) in [5.74, 6) is 0.689. The molecule has 0 fully saturated rings. The second kappa shape index (κ2) is 7.63. The second-order valence-electron chi connectivity index (χ2n) is 5.09. The van der Waals surface area contributed by atoms with Gasteiger partial charge >= 0.3 is 116 Å². The molecular formula is C13H26N3Zr. The van der Waals surface area contributed by atoms with Crippen LogP contribution in [0.2, 0.25) is 0 Å². The molecule has 0 aromatic carbocycles. The zero-order valence-corrected chi connectivity index (χ0v) is 14.3. The Morgan fingerprint density at radius 2 is 1.47 bits per heavy atom. The van der Waals surface area contributed by atoms with Gasteiger partial charge in [-0.05, 0) is 0 Å². The molecule has 0 unspecified atom stereocenters. The maximum atomic E-state index is 2.60. The number of hydrogen-bond acceptors (Lipinski definition) is 3. The average Bonchev–Trinajstić information content (AvgIpc) is 2.69. The number of rotatable bonds is 7. The fraction of sp³-hybridized carbons (Fsp3) is 0.692. The summed E-state index contributed by atoms with van der Waals surface area (Å²) in [6, 6.07) is 0. The first-order chi connectivity index (χ1) is 8.02. The van der Waals surface area contributed by atoms with E-state index >= 15 is 0 Å². The molecule has 17 heavy (non-hydrogen) atoms. The van der Waals surface area contributed by atoms with Crippen LogP contribution in [0.1, 0.15) is 12.8 Å². The molecule has 0 amide bonds. The van der Waals surface area contributed by atoms with E-state index in [1.165, 1.54) is 19.4 Å². The van der Waals surface area contributed by atoms with Gasteiger partial charge in [0.05, 0.1) is 0 Å². The van der Waals surface area contributed by atoms with E-state index in [1.54, 1.807) is 0 Å². The molecular weight excluding hydrogens is 289 g/mol. The Labute approximate surface area is 116 Å². The zero-order valence-electron chi connectivity index (χ0n) is 11.8. The van der Waals surface area contributed by atoms with E-state index in [-0.39, 0.29) is 0 Å². The minimum atomic E-state index is -1.68. The molecule has 0 radical (unpaired) electrons. The van der Waals surface area contributed by atoms with Crippen molar-refractivity contribution in [3.63, 3.8) is 0 Å². The van der Waals surface area contributed by atoms with Gasteiger partial charge in [-0.15, -0.1) is 0 Å². The molecule has 0 aromatic rings. The summed E-state index contributed by atoms with van der Waals surface area (Å²) in [4.78, 5) is 0. The first-order valence-corrected chi connectivity index (χ1v) is 9.60. The summed E-state index contributed by atoms with van der Waals surface area (Å²) in [5.41, 5.74) is 0. The van der Waals surface area contributed by atoms with Gasteiger partial charge < -0.3 is 0 Å². The fourth-order valence-electron chi connectivity index (χ4n) is 2.42. The summed E-state index contributed by atoms with van der Waals surface area (Å²) in [6.07, 6.45) is 11.5. The molecule has 4 heteroatoms. The number of allylic oxidation sites excluding steroid dienone is 4. The Bertz CT molecular complexity index is 254. The van der Waals surface area contributed by atoms with Crippen molar-refractivity contribution >= 4 is 0 Å². The van der Waals surface area contributed by atoms with Crippen LogP contribution in [0.5, 0.6) is 0 Å². The van der Waals surface area contributed by atoms with Crippen molar-refractivity contribution in [2.75, 3.05) is 41.8 Å². The maximum absolute atomic E-state index is 2.60. The third kappa shape index (κ3) is 5.17. The van der Waals surface area contributed by atoms with Gasteiger partial charge in [0.25, 0.3) is 0 Å². The summed E-state index contributed by atoms with van der Waals surface area (Å²) in [5, 5.41) is 0. The predicted molar refractivity (Wildman–Crippen MR) is 71.0 cm³/mol. The van der Waals surface area contributed by atoms with Crippen LogP contribution in [-0.4, -0.2) is 50.3 Å². The Kier molecular flexibility index (Phi) is 6.87. The van der Waals surface area contributed by atoms with E-state index < -0.39 is 22.6 Å². The normalized spacial score (nSPS) is 15.8. The second-order valence-corrected chi connectivity index (χ2v) is 12.8. The summed E-state index contributed by atoms with van der Waals surface area (Å²) in [6.45, 7) is 1.23. The van der Waals surface area contributed by atoms with E-state index in [0.29, 0.717) is 5.92 Å². The quantitative estimate of drug-likeness (QED) is 0.711. The molecule has 0 heterocycles. The van der Waals surface area contributed by atoms with Gasteiger partial charge in [-0.2, -0.15) is 0 Å². The number of hydrogen-bond donors (Lipinski definition) is 0. The summed E-state index contributed by atoms with van der Waals surface area (Å²) >= 11 is -1.68. The topological polar surface area (TPSA) is 9.72 Å². The first kappa shape index (κ1) is 15.3. The SMILES string of the molecule is C[N](C)[Zr]([N](C)C)[N](C)CCCC1C=CC=C1. The third-order valence-corrected chi connectivity index (χ3v) is 9.16. The van der Waals surface area contributed by atoms with E-state index in [4.69, 9.17) is 0 Å². The molecule has 97 valence electrons. The molecule has 0 atom stereocenters.